The number of aromatic nitrogens is 2. The van der Waals surface area contributed by atoms with Crippen LogP contribution in [0, 0.1) is 4.64 Å². The molecule has 0 bridgehead atoms. The summed E-state index contributed by atoms with van der Waals surface area (Å²) < 4.78 is 2.67. The number of hydrogen-bond acceptors (Lipinski definition) is 1. The molecule has 0 fully saturated rings. The molecule has 17 heavy (non-hydrogen) atoms. The van der Waals surface area contributed by atoms with E-state index in [4.69, 9.17) is 23.8 Å². The van der Waals surface area contributed by atoms with Gasteiger partial charge in [0.05, 0.1) is 5.69 Å². The van der Waals surface area contributed by atoms with E-state index < -0.39 is 0 Å². The molecule has 90 valence electrons. The van der Waals surface area contributed by atoms with Crippen LogP contribution in [-0.2, 0) is 5.41 Å². The minimum absolute atomic E-state index is 0.0607. The molecule has 0 atom stereocenters. The largest absolute Gasteiger partial charge is 0.296 e. The lowest BCUT2D eigenvalue weighted by atomic mass is 9.93. The van der Waals surface area contributed by atoms with Crippen LogP contribution in [0.25, 0.3) is 5.69 Å². The first-order valence-corrected chi connectivity index (χ1v) is 6.25. The van der Waals surface area contributed by atoms with Gasteiger partial charge in [0.2, 0.25) is 0 Å². The predicted molar refractivity (Wildman–Crippen MR) is 74.7 cm³/mol. The van der Waals surface area contributed by atoms with E-state index in [1.165, 1.54) is 0 Å². The van der Waals surface area contributed by atoms with Gasteiger partial charge in [0.1, 0.15) is 4.64 Å². The minimum atomic E-state index is 0.0607. The summed E-state index contributed by atoms with van der Waals surface area (Å²) in [6.45, 7) is 6.46. The highest BCUT2D eigenvalue weighted by atomic mass is 35.5. The normalized spacial score (nSPS) is 11.8. The van der Waals surface area contributed by atoms with Crippen molar-refractivity contribution in [2.24, 2.45) is 0 Å². The molecule has 2 aromatic rings. The van der Waals surface area contributed by atoms with Gasteiger partial charge in [0.15, 0.2) is 0 Å². The fourth-order valence-electron chi connectivity index (χ4n) is 1.56. The lowest BCUT2D eigenvalue weighted by Crippen LogP contribution is -2.12. The van der Waals surface area contributed by atoms with Crippen molar-refractivity contribution in [1.82, 2.24) is 9.78 Å². The molecule has 0 saturated carbocycles. The quantitative estimate of drug-likeness (QED) is 0.755. The summed E-state index contributed by atoms with van der Waals surface area (Å²) in [5.74, 6) is 0. The molecule has 2 rings (SSSR count). The third kappa shape index (κ3) is 2.61. The van der Waals surface area contributed by atoms with E-state index in [0.29, 0.717) is 0 Å². The van der Waals surface area contributed by atoms with Crippen LogP contribution < -0.4 is 0 Å². The number of benzene rings is 1. The topological polar surface area (TPSA) is 20.7 Å². The zero-order valence-corrected chi connectivity index (χ0v) is 11.7. The smallest absolute Gasteiger partial charge is 0.127 e. The Morgan fingerprint density at radius 1 is 1.18 bits per heavy atom. The Bertz CT molecular complexity index is 573. The summed E-state index contributed by atoms with van der Waals surface area (Å²) in [4.78, 5) is 0. The zero-order chi connectivity index (χ0) is 12.6. The van der Waals surface area contributed by atoms with E-state index in [1.807, 2.05) is 35.0 Å². The molecule has 4 heteroatoms. The molecule has 1 N–H and O–H groups in total. The van der Waals surface area contributed by atoms with Crippen LogP contribution in [0.3, 0.4) is 0 Å². The molecule has 0 aliphatic heterocycles. The number of nitrogens with one attached hydrogen (secondary N) is 1. The molecule has 0 aliphatic carbocycles. The molecule has 1 aromatic heterocycles. The number of hydrogen-bond donors (Lipinski definition) is 1. The molecule has 0 spiro atoms. The number of aromatic amines is 1. The summed E-state index contributed by atoms with van der Waals surface area (Å²) in [5.41, 5.74) is 2.18. The van der Waals surface area contributed by atoms with Crippen molar-refractivity contribution in [1.29, 1.82) is 0 Å². The van der Waals surface area contributed by atoms with E-state index in [1.54, 1.807) is 0 Å². The van der Waals surface area contributed by atoms with Crippen molar-refractivity contribution in [3.8, 4) is 5.69 Å². The predicted octanol–water partition coefficient (Wildman–Crippen LogP) is 4.49. The van der Waals surface area contributed by atoms with E-state index in [-0.39, 0.29) is 5.41 Å². The van der Waals surface area contributed by atoms with Crippen LogP contribution >= 0.6 is 23.8 Å². The monoisotopic (exact) mass is 266 g/mol. The lowest BCUT2D eigenvalue weighted by Gasteiger charge is -2.15. The first-order chi connectivity index (χ1) is 7.88. The van der Waals surface area contributed by atoms with Crippen molar-refractivity contribution < 1.29 is 0 Å². The number of halogens is 1. The molecule has 0 saturated heterocycles. The molecule has 0 amide bonds. The Kier molecular flexibility index (Phi) is 3.15. The maximum atomic E-state index is 5.87. The third-order valence-corrected chi connectivity index (χ3v) is 3.17. The Morgan fingerprint density at radius 2 is 1.76 bits per heavy atom. The van der Waals surface area contributed by atoms with Crippen LogP contribution in [-0.4, -0.2) is 9.78 Å². The SMILES string of the molecule is CC(C)(C)c1cc(=S)n(-c2ccc(Cl)cc2)[nH]1. The van der Waals surface area contributed by atoms with Crippen LogP contribution in [0.1, 0.15) is 26.5 Å². The van der Waals surface area contributed by atoms with Gasteiger partial charge in [-0.15, -0.1) is 0 Å². The van der Waals surface area contributed by atoms with E-state index in [0.717, 1.165) is 21.0 Å². The van der Waals surface area contributed by atoms with Crippen molar-refractivity contribution >= 4 is 23.8 Å². The van der Waals surface area contributed by atoms with E-state index in [2.05, 4.69) is 25.9 Å². The highest BCUT2D eigenvalue weighted by Gasteiger charge is 2.16. The molecule has 2 nitrogen and oxygen atoms in total. The van der Waals surface area contributed by atoms with Gasteiger partial charge in [-0.3, -0.25) is 5.10 Å². The summed E-state index contributed by atoms with van der Waals surface area (Å²) >= 11 is 11.2. The average Bonchev–Trinajstić information content (AvgIpc) is 2.61. The lowest BCUT2D eigenvalue weighted by molar-refractivity contribution is 0.560. The van der Waals surface area contributed by atoms with Gasteiger partial charge in [0, 0.05) is 16.1 Å². The van der Waals surface area contributed by atoms with Gasteiger partial charge in [-0.05, 0) is 30.3 Å². The highest BCUT2D eigenvalue weighted by molar-refractivity contribution is 7.71. The second-order valence-corrected chi connectivity index (χ2v) is 5.92. The first kappa shape index (κ1) is 12.4. The molecule has 1 heterocycles. The van der Waals surface area contributed by atoms with Crippen molar-refractivity contribution in [2.75, 3.05) is 0 Å². The second-order valence-electron chi connectivity index (χ2n) is 5.07. The third-order valence-electron chi connectivity index (χ3n) is 2.61. The van der Waals surface area contributed by atoms with Crippen molar-refractivity contribution in [3.05, 3.63) is 45.7 Å². The standard InChI is InChI=1S/C13H15ClN2S/c1-13(2,3)11-8-12(17)16(15-11)10-6-4-9(14)5-7-10/h4-8,15H,1-3H3. The first-order valence-electron chi connectivity index (χ1n) is 5.46. The summed E-state index contributed by atoms with van der Waals surface area (Å²) in [7, 11) is 0. The minimum Gasteiger partial charge on any atom is -0.296 e. The van der Waals surface area contributed by atoms with Gasteiger partial charge in [-0.25, -0.2) is 4.68 Å². The second kappa shape index (κ2) is 4.31. The number of nitrogens with zero attached hydrogens (tertiary/aromatic N) is 1. The molecule has 1 aromatic carbocycles. The van der Waals surface area contributed by atoms with E-state index >= 15 is 0 Å². The van der Waals surface area contributed by atoms with Crippen LogP contribution in [0.5, 0.6) is 0 Å². The maximum Gasteiger partial charge on any atom is 0.127 e. The Balaban J connectivity index is 2.50. The Hall–Kier alpha value is -1.06. The zero-order valence-electron chi connectivity index (χ0n) is 10.1. The fourth-order valence-corrected chi connectivity index (χ4v) is 1.96. The number of rotatable bonds is 1. The van der Waals surface area contributed by atoms with Gasteiger partial charge in [-0.2, -0.15) is 0 Å². The van der Waals surface area contributed by atoms with Crippen molar-refractivity contribution in [2.45, 2.75) is 26.2 Å². The van der Waals surface area contributed by atoms with Gasteiger partial charge in [0.25, 0.3) is 0 Å². The molecule has 0 unspecified atom stereocenters. The summed E-state index contributed by atoms with van der Waals surface area (Å²) in [6, 6.07) is 9.61. The van der Waals surface area contributed by atoms with Crippen LogP contribution in [0.2, 0.25) is 5.02 Å². The molecule has 0 radical (unpaired) electrons. The van der Waals surface area contributed by atoms with Gasteiger partial charge in [-0.1, -0.05) is 44.6 Å². The Labute approximate surface area is 111 Å². The van der Waals surface area contributed by atoms with Gasteiger partial charge < -0.3 is 0 Å². The van der Waals surface area contributed by atoms with E-state index in [9.17, 15) is 0 Å². The summed E-state index contributed by atoms with van der Waals surface area (Å²) in [5, 5.41) is 4.05. The average molecular weight is 267 g/mol. The summed E-state index contributed by atoms with van der Waals surface area (Å²) in [6.07, 6.45) is 0. The fraction of sp³-hybridized carbons (Fsp3) is 0.308. The van der Waals surface area contributed by atoms with Crippen molar-refractivity contribution in [3.63, 3.8) is 0 Å². The number of H-pyrrole nitrogens is 1. The van der Waals surface area contributed by atoms with Crippen LogP contribution in [0.4, 0.5) is 0 Å². The van der Waals surface area contributed by atoms with Gasteiger partial charge >= 0.3 is 0 Å². The molecular weight excluding hydrogens is 252 g/mol. The molecule has 0 aliphatic rings. The maximum absolute atomic E-state index is 5.87. The highest BCUT2D eigenvalue weighted by Crippen LogP contribution is 2.22. The van der Waals surface area contributed by atoms with Crippen LogP contribution in [0.15, 0.2) is 30.3 Å². The Morgan fingerprint density at radius 3 is 2.24 bits per heavy atom. The molecular formula is C13H15ClN2S.